The van der Waals surface area contributed by atoms with Crippen LogP contribution in [0.25, 0.3) is 21.3 Å². The number of rotatable bonds is 6. The van der Waals surface area contributed by atoms with Crippen molar-refractivity contribution in [2.45, 2.75) is 17.2 Å². The smallest absolute Gasteiger partial charge is 0.416 e. The third-order valence-electron chi connectivity index (χ3n) is 4.84. The number of aliphatic carboxylic acids is 1. The summed E-state index contributed by atoms with van der Waals surface area (Å²) in [4.78, 5) is 16.5. The van der Waals surface area contributed by atoms with Crippen LogP contribution in [0.4, 0.5) is 13.2 Å². The van der Waals surface area contributed by atoms with E-state index in [1.54, 1.807) is 29.8 Å². The predicted octanol–water partition coefficient (Wildman–Crippen LogP) is 7.04. The number of benzene rings is 3. The van der Waals surface area contributed by atoms with Crippen molar-refractivity contribution in [3.05, 3.63) is 88.9 Å². The highest BCUT2D eigenvalue weighted by Gasteiger charge is 2.30. The standard InChI is InChI=1S/C23H16F3NO2S2/c24-23(25,26)16-10-8-14(9-11-16)17-5-1-2-6-18(17)21(22(28)29)30-12-15-4-3-7-19-20(15)27-13-31-19/h1-11,13,21H,12H2,(H,28,29). The number of fused-ring (bicyclic) bond motifs is 1. The van der Waals surface area contributed by atoms with Crippen LogP contribution in [0.5, 0.6) is 0 Å². The Bertz CT molecular complexity index is 1220. The minimum atomic E-state index is -4.42. The molecule has 0 saturated carbocycles. The van der Waals surface area contributed by atoms with Crippen molar-refractivity contribution >= 4 is 39.3 Å². The molecule has 158 valence electrons. The summed E-state index contributed by atoms with van der Waals surface area (Å²) in [5, 5.41) is 9.03. The number of alkyl halides is 3. The quantitative estimate of drug-likeness (QED) is 0.336. The molecule has 31 heavy (non-hydrogen) atoms. The molecular weight excluding hydrogens is 443 g/mol. The average Bonchev–Trinajstić information content (AvgIpc) is 3.23. The fourth-order valence-electron chi connectivity index (χ4n) is 3.36. The number of nitrogens with zero attached hydrogens (tertiary/aromatic N) is 1. The lowest BCUT2D eigenvalue weighted by Gasteiger charge is -2.17. The second-order valence-electron chi connectivity index (χ2n) is 6.81. The summed E-state index contributed by atoms with van der Waals surface area (Å²) >= 11 is 2.78. The van der Waals surface area contributed by atoms with Crippen LogP contribution in [-0.4, -0.2) is 16.1 Å². The highest BCUT2D eigenvalue weighted by Crippen LogP contribution is 2.39. The van der Waals surface area contributed by atoms with Gasteiger partial charge in [0.05, 0.1) is 21.3 Å². The lowest BCUT2D eigenvalue weighted by molar-refractivity contribution is -0.138. The third kappa shape index (κ3) is 4.60. The van der Waals surface area contributed by atoms with Crippen LogP contribution >= 0.6 is 23.1 Å². The van der Waals surface area contributed by atoms with Crippen LogP contribution in [-0.2, 0) is 16.7 Å². The van der Waals surface area contributed by atoms with Crippen LogP contribution in [0.2, 0.25) is 0 Å². The van der Waals surface area contributed by atoms with Gasteiger partial charge < -0.3 is 5.11 Å². The number of thioether (sulfide) groups is 1. The van der Waals surface area contributed by atoms with E-state index < -0.39 is 23.0 Å². The van der Waals surface area contributed by atoms with Gasteiger partial charge in [0.1, 0.15) is 5.25 Å². The SMILES string of the molecule is O=C(O)C(SCc1cccc2scnc12)c1ccccc1-c1ccc(C(F)(F)F)cc1. The molecule has 3 nitrogen and oxygen atoms in total. The van der Waals surface area contributed by atoms with E-state index in [4.69, 9.17) is 0 Å². The summed E-state index contributed by atoms with van der Waals surface area (Å²) in [6.07, 6.45) is -4.42. The van der Waals surface area contributed by atoms with Gasteiger partial charge in [-0.3, -0.25) is 4.79 Å². The normalized spacial score (nSPS) is 12.7. The Hall–Kier alpha value is -2.84. The Morgan fingerprint density at radius 3 is 2.48 bits per heavy atom. The largest absolute Gasteiger partial charge is 0.480 e. The molecule has 0 amide bonds. The molecule has 0 aliphatic rings. The van der Waals surface area contributed by atoms with Crippen molar-refractivity contribution in [1.82, 2.24) is 4.98 Å². The molecule has 3 aromatic carbocycles. The highest BCUT2D eigenvalue weighted by atomic mass is 32.2. The second kappa shape index (κ2) is 8.72. The predicted molar refractivity (Wildman–Crippen MR) is 118 cm³/mol. The van der Waals surface area contributed by atoms with Gasteiger partial charge in [-0.2, -0.15) is 13.2 Å². The van der Waals surface area contributed by atoms with E-state index in [2.05, 4.69) is 4.98 Å². The number of hydrogen-bond acceptors (Lipinski definition) is 4. The zero-order valence-corrected chi connectivity index (χ0v) is 17.6. The molecule has 8 heteroatoms. The number of carbonyl (C=O) groups is 1. The number of hydrogen-bond donors (Lipinski definition) is 1. The number of halogens is 3. The van der Waals surface area contributed by atoms with E-state index >= 15 is 0 Å². The maximum atomic E-state index is 12.9. The van der Waals surface area contributed by atoms with E-state index in [0.29, 0.717) is 22.4 Å². The lowest BCUT2D eigenvalue weighted by Crippen LogP contribution is -2.10. The maximum absolute atomic E-state index is 12.9. The zero-order valence-electron chi connectivity index (χ0n) is 16.0. The molecule has 1 atom stereocenters. The van der Waals surface area contributed by atoms with Gasteiger partial charge in [0.15, 0.2) is 0 Å². The number of carboxylic acids is 1. The molecule has 0 spiro atoms. The molecule has 4 rings (SSSR count). The molecule has 1 heterocycles. The van der Waals surface area contributed by atoms with Crippen molar-refractivity contribution in [2.75, 3.05) is 0 Å². The van der Waals surface area contributed by atoms with Gasteiger partial charge in [0.25, 0.3) is 0 Å². The molecule has 1 N–H and O–H groups in total. The summed E-state index contributed by atoms with van der Waals surface area (Å²) in [7, 11) is 0. The Kier molecular flexibility index (Phi) is 6.02. The van der Waals surface area contributed by atoms with E-state index in [0.717, 1.165) is 27.9 Å². The molecule has 0 fully saturated rings. The molecule has 1 aromatic heterocycles. The number of carboxylic acid groups (broad SMARTS) is 1. The minimum Gasteiger partial charge on any atom is -0.480 e. The summed E-state index contributed by atoms with van der Waals surface area (Å²) in [6.45, 7) is 0. The first-order chi connectivity index (χ1) is 14.8. The van der Waals surface area contributed by atoms with Crippen LogP contribution < -0.4 is 0 Å². The molecular formula is C23H16F3NO2S2. The van der Waals surface area contributed by atoms with Crippen LogP contribution in [0, 0.1) is 0 Å². The molecule has 1 unspecified atom stereocenters. The Morgan fingerprint density at radius 1 is 1.03 bits per heavy atom. The lowest BCUT2D eigenvalue weighted by atomic mass is 9.96. The van der Waals surface area contributed by atoms with Crippen molar-refractivity contribution in [1.29, 1.82) is 0 Å². The van der Waals surface area contributed by atoms with Crippen molar-refractivity contribution < 1.29 is 23.1 Å². The molecule has 0 saturated heterocycles. The molecule has 0 aliphatic carbocycles. The van der Waals surface area contributed by atoms with Crippen LogP contribution in [0.1, 0.15) is 21.9 Å². The summed E-state index contributed by atoms with van der Waals surface area (Å²) in [5.74, 6) is -0.561. The fraction of sp³-hybridized carbons (Fsp3) is 0.130. The first kappa shape index (κ1) is 21.4. The van der Waals surface area contributed by atoms with Gasteiger partial charge in [-0.05, 0) is 40.5 Å². The van der Waals surface area contributed by atoms with Gasteiger partial charge in [0, 0.05) is 5.75 Å². The van der Waals surface area contributed by atoms with Gasteiger partial charge in [-0.25, -0.2) is 4.98 Å². The van der Waals surface area contributed by atoms with E-state index in [1.165, 1.54) is 35.2 Å². The van der Waals surface area contributed by atoms with Gasteiger partial charge in [0.2, 0.25) is 0 Å². The molecule has 0 radical (unpaired) electrons. The van der Waals surface area contributed by atoms with Crippen molar-refractivity contribution in [2.24, 2.45) is 0 Å². The fourth-order valence-corrected chi connectivity index (χ4v) is 5.19. The number of aromatic nitrogens is 1. The third-order valence-corrected chi connectivity index (χ3v) is 6.90. The topological polar surface area (TPSA) is 50.2 Å². The van der Waals surface area contributed by atoms with Gasteiger partial charge in [-0.15, -0.1) is 23.1 Å². The first-order valence-electron chi connectivity index (χ1n) is 9.26. The van der Waals surface area contributed by atoms with E-state index in [1.807, 2.05) is 18.2 Å². The van der Waals surface area contributed by atoms with Gasteiger partial charge >= 0.3 is 12.1 Å². The van der Waals surface area contributed by atoms with Crippen LogP contribution in [0.3, 0.4) is 0 Å². The van der Waals surface area contributed by atoms with Crippen molar-refractivity contribution in [3.8, 4) is 11.1 Å². The minimum absolute atomic E-state index is 0.444. The zero-order chi connectivity index (χ0) is 22.0. The average molecular weight is 460 g/mol. The van der Waals surface area contributed by atoms with E-state index in [9.17, 15) is 23.1 Å². The van der Waals surface area contributed by atoms with Crippen molar-refractivity contribution in [3.63, 3.8) is 0 Å². The number of thiazole rings is 1. The summed E-state index contributed by atoms with van der Waals surface area (Å²) < 4.78 is 39.7. The summed E-state index contributed by atoms with van der Waals surface area (Å²) in [5.41, 5.74) is 4.51. The first-order valence-corrected chi connectivity index (χ1v) is 11.2. The Balaban J connectivity index is 1.65. The van der Waals surface area contributed by atoms with E-state index in [-0.39, 0.29) is 0 Å². The maximum Gasteiger partial charge on any atom is 0.416 e. The highest BCUT2D eigenvalue weighted by molar-refractivity contribution is 7.99. The van der Waals surface area contributed by atoms with Gasteiger partial charge in [-0.1, -0.05) is 48.5 Å². The molecule has 0 aliphatic heterocycles. The Labute approximate surface area is 184 Å². The summed E-state index contributed by atoms with van der Waals surface area (Å²) in [6, 6.07) is 17.5. The Morgan fingerprint density at radius 2 is 1.77 bits per heavy atom. The monoisotopic (exact) mass is 459 g/mol. The number of para-hydroxylation sites is 1. The van der Waals surface area contributed by atoms with Crippen LogP contribution in [0.15, 0.2) is 72.2 Å². The second-order valence-corrected chi connectivity index (χ2v) is 8.79. The molecule has 4 aromatic rings. The molecule has 0 bridgehead atoms.